The number of carbonyl (C=O) groups is 3. The van der Waals surface area contributed by atoms with E-state index < -0.39 is 23.3 Å². The number of pyridine rings is 1. The van der Waals surface area contributed by atoms with Crippen LogP contribution in [0.2, 0.25) is 0 Å². The molecule has 0 saturated heterocycles. The number of nitrogens with one attached hydrogen (secondary N) is 2. The molecule has 1 aliphatic rings. The molecule has 9 heteroatoms. The molecule has 0 spiro atoms. The maximum Gasteiger partial charge on any atom is 0.291 e. The van der Waals surface area contributed by atoms with Gasteiger partial charge in [-0.2, -0.15) is 0 Å². The van der Waals surface area contributed by atoms with E-state index in [9.17, 15) is 19.2 Å². The van der Waals surface area contributed by atoms with Crippen molar-refractivity contribution >= 4 is 29.2 Å². The van der Waals surface area contributed by atoms with Crippen LogP contribution in [0.5, 0.6) is 0 Å². The number of nitrogen functional groups attached to an aromatic ring is 1. The third-order valence-electron chi connectivity index (χ3n) is 4.49. The highest BCUT2D eigenvalue weighted by Gasteiger charge is 2.32. The SMILES string of the molecule is Cc1c(NC(=O)c2ccco2)cccc1-n1c(N)c2c(cc1=O)C(=O)NC2=O. The van der Waals surface area contributed by atoms with Gasteiger partial charge < -0.3 is 15.5 Å². The van der Waals surface area contributed by atoms with Crippen LogP contribution in [0.4, 0.5) is 11.5 Å². The van der Waals surface area contributed by atoms with Gasteiger partial charge in [-0.1, -0.05) is 6.07 Å². The second-order valence-corrected chi connectivity index (χ2v) is 6.16. The van der Waals surface area contributed by atoms with E-state index in [-0.39, 0.29) is 22.7 Å². The Morgan fingerprint density at radius 1 is 1.14 bits per heavy atom. The fourth-order valence-electron chi connectivity index (χ4n) is 3.12. The van der Waals surface area contributed by atoms with Gasteiger partial charge in [-0.25, -0.2) is 0 Å². The summed E-state index contributed by atoms with van der Waals surface area (Å²) < 4.78 is 6.20. The molecular formula is C19H14N4O5. The highest BCUT2D eigenvalue weighted by atomic mass is 16.3. The first-order chi connectivity index (χ1) is 13.4. The lowest BCUT2D eigenvalue weighted by Crippen LogP contribution is -2.25. The maximum atomic E-state index is 12.6. The minimum absolute atomic E-state index is 0.0472. The number of nitrogens with zero attached hydrogens (tertiary/aromatic N) is 1. The van der Waals surface area contributed by atoms with Gasteiger partial charge >= 0.3 is 0 Å². The Balaban J connectivity index is 1.82. The average Bonchev–Trinajstić information content (AvgIpc) is 3.27. The van der Waals surface area contributed by atoms with Crippen LogP contribution >= 0.6 is 0 Å². The van der Waals surface area contributed by atoms with E-state index in [1.54, 1.807) is 31.2 Å². The van der Waals surface area contributed by atoms with E-state index >= 15 is 0 Å². The monoisotopic (exact) mass is 378 g/mol. The molecular weight excluding hydrogens is 364 g/mol. The van der Waals surface area contributed by atoms with E-state index in [0.29, 0.717) is 16.9 Å². The Morgan fingerprint density at radius 3 is 2.64 bits per heavy atom. The van der Waals surface area contributed by atoms with Crippen LogP contribution in [0.15, 0.2) is 51.9 Å². The summed E-state index contributed by atoms with van der Waals surface area (Å²) in [5.41, 5.74) is 6.74. The lowest BCUT2D eigenvalue weighted by Gasteiger charge is -2.16. The number of fused-ring (bicyclic) bond motifs is 1. The Bertz CT molecular complexity index is 1210. The fourth-order valence-corrected chi connectivity index (χ4v) is 3.12. The van der Waals surface area contributed by atoms with Gasteiger partial charge in [0.15, 0.2) is 5.76 Å². The van der Waals surface area contributed by atoms with Gasteiger partial charge in [0.05, 0.1) is 23.1 Å². The minimum atomic E-state index is -0.661. The molecule has 9 nitrogen and oxygen atoms in total. The number of rotatable bonds is 3. The van der Waals surface area contributed by atoms with Gasteiger partial charge in [-0.15, -0.1) is 0 Å². The first-order valence-corrected chi connectivity index (χ1v) is 8.24. The van der Waals surface area contributed by atoms with Gasteiger partial charge in [0.25, 0.3) is 23.3 Å². The van der Waals surface area contributed by atoms with Crippen molar-refractivity contribution in [2.24, 2.45) is 0 Å². The molecule has 4 rings (SSSR count). The van der Waals surface area contributed by atoms with Gasteiger partial charge in [0.1, 0.15) is 5.82 Å². The summed E-state index contributed by atoms with van der Waals surface area (Å²) in [5, 5.41) is 4.83. The number of hydrogen-bond acceptors (Lipinski definition) is 6. The van der Waals surface area contributed by atoms with Crippen LogP contribution in [0.25, 0.3) is 5.69 Å². The van der Waals surface area contributed by atoms with Crippen LogP contribution in [-0.2, 0) is 0 Å². The number of anilines is 2. The zero-order valence-corrected chi connectivity index (χ0v) is 14.6. The Morgan fingerprint density at radius 2 is 1.93 bits per heavy atom. The number of furan rings is 1. The first-order valence-electron chi connectivity index (χ1n) is 8.24. The quantitative estimate of drug-likeness (QED) is 0.590. The largest absolute Gasteiger partial charge is 0.459 e. The molecule has 0 bridgehead atoms. The number of carbonyl (C=O) groups excluding carboxylic acids is 3. The standard InChI is InChI=1S/C19H14N4O5/c1-9-11(21-18(26)13-6-3-7-28-13)4-2-5-12(9)23-14(24)8-10-15(16(23)20)19(27)22-17(10)25/h2-8H,20H2,1H3,(H,21,26)(H,22,25,27). The normalized spacial score (nSPS) is 12.6. The molecule has 3 amide bonds. The number of imide groups is 1. The molecule has 0 radical (unpaired) electrons. The van der Waals surface area contributed by atoms with Gasteiger partial charge in [0.2, 0.25) is 0 Å². The molecule has 140 valence electrons. The Kier molecular flexibility index (Phi) is 3.85. The molecule has 0 saturated carbocycles. The zero-order chi connectivity index (χ0) is 20.0. The second-order valence-electron chi connectivity index (χ2n) is 6.16. The van der Waals surface area contributed by atoms with Crippen molar-refractivity contribution in [1.29, 1.82) is 0 Å². The van der Waals surface area contributed by atoms with Crippen molar-refractivity contribution < 1.29 is 18.8 Å². The minimum Gasteiger partial charge on any atom is -0.459 e. The molecule has 1 aliphatic heterocycles. The second kappa shape index (κ2) is 6.23. The molecule has 28 heavy (non-hydrogen) atoms. The molecule has 0 aliphatic carbocycles. The summed E-state index contributed by atoms with van der Waals surface area (Å²) in [6.07, 6.45) is 1.38. The van der Waals surface area contributed by atoms with Crippen molar-refractivity contribution in [2.75, 3.05) is 11.1 Å². The van der Waals surface area contributed by atoms with Crippen LogP contribution < -0.4 is 21.9 Å². The Labute approximate surface area is 157 Å². The highest BCUT2D eigenvalue weighted by Crippen LogP contribution is 2.27. The summed E-state index contributed by atoms with van der Waals surface area (Å²) in [4.78, 5) is 48.7. The average molecular weight is 378 g/mol. The fraction of sp³-hybridized carbons (Fsp3) is 0.0526. The summed E-state index contributed by atoms with van der Waals surface area (Å²) in [6, 6.07) is 9.09. The summed E-state index contributed by atoms with van der Waals surface area (Å²) in [5.74, 6) is -1.79. The molecule has 3 aromatic rings. The van der Waals surface area contributed by atoms with Crippen molar-refractivity contribution in [3.8, 4) is 5.69 Å². The lowest BCUT2D eigenvalue weighted by atomic mass is 10.1. The number of hydrogen-bond donors (Lipinski definition) is 3. The molecule has 0 atom stereocenters. The van der Waals surface area contributed by atoms with Crippen molar-refractivity contribution in [2.45, 2.75) is 6.92 Å². The third-order valence-corrected chi connectivity index (χ3v) is 4.49. The van der Waals surface area contributed by atoms with Gasteiger partial charge in [0, 0.05) is 11.8 Å². The van der Waals surface area contributed by atoms with Crippen LogP contribution in [0, 0.1) is 6.92 Å². The first kappa shape index (κ1) is 17.3. The van der Waals surface area contributed by atoms with E-state index in [0.717, 1.165) is 10.6 Å². The molecule has 0 unspecified atom stereocenters. The number of nitrogens with two attached hydrogens (primary N) is 1. The zero-order valence-electron chi connectivity index (χ0n) is 14.6. The molecule has 0 fully saturated rings. The van der Waals surface area contributed by atoms with E-state index in [2.05, 4.69) is 10.6 Å². The number of amides is 3. The lowest BCUT2D eigenvalue weighted by molar-refractivity contribution is 0.0879. The van der Waals surface area contributed by atoms with Crippen LogP contribution in [-0.4, -0.2) is 22.3 Å². The number of benzene rings is 1. The van der Waals surface area contributed by atoms with Crippen molar-refractivity contribution in [1.82, 2.24) is 9.88 Å². The predicted molar refractivity (Wildman–Crippen MR) is 99.6 cm³/mol. The highest BCUT2D eigenvalue weighted by molar-refractivity contribution is 6.23. The predicted octanol–water partition coefficient (Wildman–Crippen LogP) is 1.46. The van der Waals surface area contributed by atoms with E-state index in [1.807, 2.05) is 0 Å². The third kappa shape index (κ3) is 2.57. The summed E-state index contributed by atoms with van der Waals surface area (Å²) in [7, 11) is 0. The van der Waals surface area contributed by atoms with Crippen LogP contribution in [0.1, 0.15) is 36.8 Å². The molecule has 2 aromatic heterocycles. The maximum absolute atomic E-state index is 12.6. The topological polar surface area (TPSA) is 136 Å². The van der Waals surface area contributed by atoms with Crippen molar-refractivity contribution in [3.63, 3.8) is 0 Å². The molecule has 1 aromatic carbocycles. The summed E-state index contributed by atoms with van der Waals surface area (Å²) in [6.45, 7) is 1.69. The molecule has 3 heterocycles. The smallest absolute Gasteiger partial charge is 0.291 e. The van der Waals surface area contributed by atoms with Gasteiger partial charge in [-0.05, 0) is 36.8 Å². The Hall–Kier alpha value is -4.14. The van der Waals surface area contributed by atoms with Crippen molar-refractivity contribution in [3.05, 3.63) is 75.5 Å². The van der Waals surface area contributed by atoms with E-state index in [4.69, 9.17) is 10.2 Å². The summed E-state index contributed by atoms with van der Waals surface area (Å²) >= 11 is 0. The van der Waals surface area contributed by atoms with Gasteiger partial charge in [-0.3, -0.25) is 29.1 Å². The molecule has 4 N–H and O–H groups in total. The number of aromatic nitrogens is 1. The van der Waals surface area contributed by atoms with E-state index in [1.165, 1.54) is 12.3 Å². The van der Waals surface area contributed by atoms with Crippen LogP contribution in [0.3, 0.4) is 0 Å².